The SMILES string of the molecule is CN=C(NCC(=O)Nc1cc(Br)ccc1C)Nc1ccc2c(c1)OCCCO2. The molecule has 0 unspecified atom stereocenters. The molecule has 1 aliphatic rings. The van der Waals surface area contributed by atoms with E-state index in [9.17, 15) is 4.79 Å². The maximum atomic E-state index is 12.3. The predicted octanol–water partition coefficient (Wildman–Crippen LogP) is 3.54. The Morgan fingerprint density at radius 2 is 1.89 bits per heavy atom. The monoisotopic (exact) mass is 446 g/mol. The fraction of sp³-hybridized carbons (Fsp3) is 0.300. The molecule has 0 fully saturated rings. The van der Waals surface area contributed by atoms with Crippen LogP contribution in [0.15, 0.2) is 45.9 Å². The fourth-order valence-electron chi connectivity index (χ4n) is 2.64. The minimum atomic E-state index is -0.164. The second kappa shape index (κ2) is 9.45. The third-order valence-corrected chi connectivity index (χ3v) is 4.62. The van der Waals surface area contributed by atoms with E-state index >= 15 is 0 Å². The van der Waals surface area contributed by atoms with Crippen molar-refractivity contribution < 1.29 is 14.3 Å². The van der Waals surface area contributed by atoms with Crippen molar-refractivity contribution in [2.24, 2.45) is 4.99 Å². The quantitative estimate of drug-likeness (QED) is 0.493. The summed E-state index contributed by atoms with van der Waals surface area (Å²) in [5, 5.41) is 9.05. The number of rotatable bonds is 4. The molecule has 1 aliphatic heterocycles. The van der Waals surface area contributed by atoms with Crippen LogP contribution < -0.4 is 25.4 Å². The van der Waals surface area contributed by atoms with Gasteiger partial charge in [-0.2, -0.15) is 0 Å². The minimum absolute atomic E-state index is 0.0795. The van der Waals surface area contributed by atoms with Crippen molar-refractivity contribution in [3.63, 3.8) is 0 Å². The number of aryl methyl sites for hydroxylation is 1. The Labute approximate surface area is 172 Å². The van der Waals surface area contributed by atoms with Gasteiger partial charge in [-0.1, -0.05) is 22.0 Å². The number of ether oxygens (including phenoxy) is 2. The highest BCUT2D eigenvalue weighted by Gasteiger charge is 2.12. The van der Waals surface area contributed by atoms with Gasteiger partial charge >= 0.3 is 0 Å². The summed E-state index contributed by atoms with van der Waals surface area (Å²) in [6.07, 6.45) is 0.854. The first-order valence-corrected chi connectivity index (χ1v) is 9.78. The second-order valence-corrected chi connectivity index (χ2v) is 7.19. The van der Waals surface area contributed by atoms with E-state index in [0.29, 0.717) is 24.9 Å². The lowest BCUT2D eigenvalue weighted by molar-refractivity contribution is -0.115. The van der Waals surface area contributed by atoms with Crippen LogP contribution in [0.1, 0.15) is 12.0 Å². The maximum Gasteiger partial charge on any atom is 0.243 e. The van der Waals surface area contributed by atoms with Crippen molar-refractivity contribution in [2.45, 2.75) is 13.3 Å². The molecule has 0 atom stereocenters. The summed E-state index contributed by atoms with van der Waals surface area (Å²) in [6.45, 7) is 3.30. The van der Waals surface area contributed by atoms with Crippen LogP contribution in [-0.2, 0) is 4.79 Å². The second-order valence-electron chi connectivity index (χ2n) is 6.27. The normalized spacial score (nSPS) is 13.5. The van der Waals surface area contributed by atoms with Crippen molar-refractivity contribution >= 4 is 39.2 Å². The Hall–Kier alpha value is -2.74. The number of nitrogens with one attached hydrogen (secondary N) is 3. The van der Waals surface area contributed by atoms with E-state index in [1.54, 1.807) is 7.05 Å². The number of benzene rings is 2. The average Bonchev–Trinajstić information content (AvgIpc) is 2.93. The molecule has 7 nitrogen and oxygen atoms in total. The molecule has 0 saturated heterocycles. The van der Waals surface area contributed by atoms with Crippen molar-refractivity contribution in [1.82, 2.24) is 5.32 Å². The number of anilines is 2. The summed E-state index contributed by atoms with van der Waals surface area (Å²) in [4.78, 5) is 16.4. The lowest BCUT2D eigenvalue weighted by Gasteiger charge is -2.14. The van der Waals surface area contributed by atoms with Crippen molar-refractivity contribution in [3.8, 4) is 11.5 Å². The largest absolute Gasteiger partial charge is 0.490 e. The van der Waals surface area contributed by atoms with Crippen LogP contribution >= 0.6 is 15.9 Å². The summed E-state index contributed by atoms with van der Waals surface area (Å²) in [5.41, 5.74) is 2.55. The van der Waals surface area contributed by atoms with Crippen LogP contribution in [0.3, 0.4) is 0 Å². The van der Waals surface area contributed by atoms with Gasteiger partial charge in [-0.3, -0.25) is 9.79 Å². The molecule has 0 aliphatic carbocycles. The Morgan fingerprint density at radius 1 is 1.11 bits per heavy atom. The van der Waals surface area contributed by atoms with Gasteiger partial charge in [0.1, 0.15) is 0 Å². The van der Waals surface area contributed by atoms with Gasteiger partial charge in [0.25, 0.3) is 0 Å². The molecule has 3 rings (SSSR count). The molecule has 28 heavy (non-hydrogen) atoms. The standard InChI is InChI=1S/C20H23BrN4O3/c1-13-4-5-14(21)10-16(13)25-19(26)12-23-20(22-2)24-15-6-7-17-18(11-15)28-9-3-8-27-17/h4-7,10-11H,3,8-9,12H2,1-2H3,(H,25,26)(H2,22,23,24). The van der Waals surface area contributed by atoms with Gasteiger partial charge in [-0.25, -0.2) is 0 Å². The average molecular weight is 447 g/mol. The lowest BCUT2D eigenvalue weighted by Crippen LogP contribution is -2.37. The van der Waals surface area contributed by atoms with Gasteiger partial charge in [-0.05, 0) is 36.8 Å². The third-order valence-electron chi connectivity index (χ3n) is 4.12. The highest BCUT2D eigenvalue weighted by Crippen LogP contribution is 2.32. The smallest absolute Gasteiger partial charge is 0.243 e. The Bertz CT molecular complexity index is 886. The van der Waals surface area contributed by atoms with Gasteiger partial charge in [0.2, 0.25) is 5.91 Å². The van der Waals surface area contributed by atoms with E-state index < -0.39 is 0 Å². The maximum absolute atomic E-state index is 12.3. The van der Waals surface area contributed by atoms with Gasteiger partial charge in [0, 0.05) is 35.4 Å². The van der Waals surface area contributed by atoms with E-state index in [2.05, 4.69) is 36.9 Å². The topological polar surface area (TPSA) is 84.0 Å². The number of carbonyl (C=O) groups is 1. The molecule has 3 N–H and O–H groups in total. The zero-order valence-electron chi connectivity index (χ0n) is 15.8. The molecule has 0 aromatic heterocycles. The fourth-order valence-corrected chi connectivity index (χ4v) is 3.01. The number of amides is 1. The molecular formula is C20H23BrN4O3. The van der Waals surface area contributed by atoms with Crippen LogP contribution in [0.5, 0.6) is 11.5 Å². The van der Waals surface area contributed by atoms with E-state index in [1.165, 1.54) is 0 Å². The summed E-state index contributed by atoms with van der Waals surface area (Å²) in [7, 11) is 1.65. The number of hydrogen-bond donors (Lipinski definition) is 3. The molecule has 0 saturated carbocycles. The number of nitrogens with zero attached hydrogens (tertiary/aromatic N) is 1. The molecule has 1 amide bonds. The van der Waals surface area contributed by atoms with E-state index in [0.717, 1.165) is 33.6 Å². The molecule has 8 heteroatoms. The van der Waals surface area contributed by atoms with Gasteiger partial charge in [0.05, 0.1) is 19.8 Å². The molecule has 2 aromatic rings. The first kappa shape index (κ1) is 20.0. The van der Waals surface area contributed by atoms with E-state index in [-0.39, 0.29) is 12.5 Å². The molecule has 0 bridgehead atoms. The Balaban J connectivity index is 1.57. The molecule has 148 valence electrons. The summed E-state index contributed by atoms with van der Waals surface area (Å²) >= 11 is 3.41. The number of fused-ring (bicyclic) bond motifs is 1. The summed E-state index contributed by atoms with van der Waals surface area (Å²) in [6, 6.07) is 11.4. The highest BCUT2D eigenvalue weighted by atomic mass is 79.9. The van der Waals surface area contributed by atoms with Gasteiger partial charge in [-0.15, -0.1) is 0 Å². The van der Waals surface area contributed by atoms with E-state index in [1.807, 2.05) is 43.3 Å². The van der Waals surface area contributed by atoms with Crippen LogP contribution in [-0.4, -0.2) is 38.7 Å². The number of aliphatic imine (C=N–C) groups is 1. The minimum Gasteiger partial charge on any atom is -0.490 e. The van der Waals surface area contributed by atoms with Crippen LogP contribution in [0.4, 0.5) is 11.4 Å². The number of guanidine groups is 1. The van der Waals surface area contributed by atoms with Crippen LogP contribution in [0.2, 0.25) is 0 Å². The third kappa shape index (κ3) is 5.39. The van der Waals surface area contributed by atoms with Gasteiger partial charge < -0.3 is 25.4 Å². The number of halogens is 1. The van der Waals surface area contributed by atoms with Crippen molar-refractivity contribution in [3.05, 3.63) is 46.4 Å². The predicted molar refractivity (Wildman–Crippen MR) is 115 cm³/mol. The number of carbonyl (C=O) groups excluding carboxylic acids is 1. The summed E-state index contributed by atoms with van der Waals surface area (Å²) in [5.74, 6) is 1.74. The molecule has 0 spiro atoms. The zero-order chi connectivity index (χ0) is 19.9. The number of hydrogen-bond acceptors (Lipinski definition) is 4. The lowest BCUT2D eigenvalue weighted by atomic mass is 10.2. The van der Waals surface area contributed by atoms with Gasteiger partial charge in [0.15, 0.2) is 17.5 Å². The first-order chi connectivity index (χ1) is 13.5. The Morgan fingerprint density at radius 3 is 2.68 bits per heavy atom. The molecule has 1 heterocycles. The zero-order valence-corrected chi connectivity index (χ0v) is 17.4. The van der Waals surface area contributed by atoms with E-state index in [4.69, 9.17) is 9.47 Å². The van der Waals surface area contributed by atoms with Crippen LogP contribution in [0.25, 0.3) is 0 Å². The molecule has 0 radical (unpaired) electrons. The van der Waals surface area contributed by atoms with Crippen LogP contribution in [0, 0.1) is 6.92 Å². The van der Waals surface area contributed by atoms with Crippen molar-refractivity contribution in [2.75, 3.05) is 37.4 Å². The molecular weight excluding hydrogens is 424 g/mol. The van der Waals surface area contributed by atoms with Crippen molar-refractivity contribution in [1.29, 1.82) is 0 Å². The molecule has 2 aromatic carbocycles. The summed E-state index contributed by atoms with van der Waals surface area (Å²) < 4.78 is 12.2. The first-order valence-electron chi connectivity index (χ1n) is 8.98. The highest BCUT2D eigenvalue weighted by molar-refractivity contribution is 9.10. The Kier molecular flexibility index (Phi) is 6.76.